The summed E-state index contributed by atoms with van der Waals surface area (Å²) in [6.45, 7) is 6.22. The van der Waals surface area contributed by atoms with Gasteiger partial charge in [-0.25, -0.2) is 9.48 Å². The van der Waals surface area contributed by atoms with Gasteiger partial charge in [0, 0.05) is 23.4 Å². The minimum absolute atomic E-state index is 0.0823. The number of nitrogens with zero attached hydrogens (tertiary/aromatic N) is 2. The van der Waals surface area contributed by atoms with Crippen molar-refractivity contribution in [3.05, 3.63) is 70.9 Å². The lowest BCUT2D eigenvalue weighted by Gasteiger charge is -2.11. The molecule has 3 rings (SSSR count). The molecular formula is C24H31ClN4O2. The van der Waals surface area contributed by atoms with E-state index < -0.39 is 0 Å². The van der Waals surface area contributed by atoms with Crippen LogP contribution in [0.5, 0.6) is 0 Å². The van der Waals surface area contributed by atoms with Gasteiger partial charge in [0.2, 0.25) is 0 Å². The topological polar surface area (TPSA) is 79.2 Å². The average molecular weight is 443 g/mol. The van der Waals surface area contributed by atoms with E-state index in [1.165, 1.54) is 0 Å². The second-order valence-electron chi connectivity index (χ2n) is 6.77. The monoisotopic (exact) mass is 442 g/mol. The number of carbonyl (C=O) groups is 1. The van der Waals surface area contributed by atoms with Crippen LogP contribution < -0.4 is 10.6 Å². The average Bonchev–Trinajstić information content (AvgIpc) is 3.18. The number of anilines is 2. The molecule has 0 saturated carbocycles. The van der Waals surface area contributed by atoms with E-state index in [0.29, 0.717) is 22.9 Å². The predicted octanol–water partition coefficient (Wildman–Crippen LogP) is 6.07. The molecule has 1 heterocycles. The third-order valence-corrected chi connectivity index (χ3v) is 4.70. The van der Waals surface area contributed by atoms with Crippen LogP contribution in [0.3, 0.4) is 0 Å². The Hall–Kier alpha value is -2.83. The van der Waals surface area contributed by atoms with E-state index >= 15 is 0 Å². The third-order valence-electron chi connectivity index (χ3n) is 4.45. The van der Waals surface area contributed by atoms with Gasteiger partial charge in [0.25, 0.3) is 0 Å². The number of amides is 2. The molecule has 0 saturated heterocycles. The maximum Gasteiger partial charge on any atom is 0.324 e. The van der Waals surface area contributed by atoms with Gasteiger partial charge in [-0.3, -0.25) is 5.32 Å². The Bertz CT molecular complexity index is 954. The number of benzene rings is 2. The van der Waals surface area contributed by atoms with Crippen molar-refractivity contribution in [3.8, 4) is 5.69 Å². The van der Waals surface area contributed by atoms with E-state index in [-0.39, 0.29) is 12.6 Å². The van der Waals surface area contributed by atoms with Gasteiger partial charge < -0.3 is 10.4 Å². The van der Waals surface area contributed by atoms with Gasteiger partial charge in [-0.05, 0) is 61.2 Å². The normalized spacial score (nSPS) is 10.2. The molecule has 0 fully saturated rings. The molecule has 6 nitrogen and oxygen atoms in total. The second-order valence-corrected chi connectivity index (χ2v) is 7.20. The van der Waals surface area contributed by atoms with Crippen LogP contribution in [-0.4, -0.2) is 27.5 Å². The molecule has 0 bridgehead atoms. The van der Waals surface area contributed by atoms with Crippen molar-refractivity contribution in [2.75, 3.05) is 17.2 Å². The van der Waals surface area contributed by atoms with Crippen LogP contribution in [0.25, 0.3) is 5.69 Å². The first kappa shape index (κ1) is 24.4. The van der Waals surface area contributed by atoms with Gasteiger partial charge >= 0.3 is 6.03 Å². The minimum atomic E-state index is -0.359. The van der Waals surface area contributed by atoms with E-state index in [1.807, 2.05) is 44.2 Å². The van der Waals surface area contributed by atoms with E-state index in [2.05, 4.69) is 22.7 Å². The number of hydrogen-bond acceptors (Lipinski definition) is 3. The van der Waals surface area contributed by atoms with Gasteiger partial charge in [-0.2, -0.15) is 5.10 Å². The van der Waals surface area contributed by atoms with E-state index in [9.17, 15) is 9.90 Å². The molecule has 0 aliphatic heterocycles. The maximum atomic E-state index is 12.5. The number of nitrogens with one attached hydrogen (secondary N) is 2. The van der Waals surface area contributed by atoms with Crippen LogP contribution in [0.1, 0.15) is 44.9 Å². The van der Waals surface area contributed by atoms with Crippen molar-refractivity contribution in [1.82, 2.24) is 9.78 Å². The van der Waals surface area contributed by atoms with Crippen LogP contribution in [0.2, 0.25) is 5.02 Å². The summed E-state index contributed by atoms with van der Waals surface area (Å²) >= 11 is 5.89. The number of aryl methyl sites for hydroxylation is 1. The Morgan fingerprint density at radius 2 is 1.81 bits per heavy atom. The zero-order chi connectivity index (χ0) is 22.6. The molecule has 31 heavy (non-hydrogen) atoms. The van der Waals surface area contributed by atoms with Gasteiger partial charge in [-0.15, -0.1) is 0 Å². The largest absolute Gasteiger partial charge is 0.396 e. The molecule has 1 aromatic heterocycles. The number of aliphatic hydroxyl groups excluding tert-OH is 1. The molecule has 0 unspecified atom stereocenters. The fraction of sp³-hybridized carbons (Fsp3) is 0.333. The molecule has 0 atom stereocenters. The number of aromatic nitrogens is 2. The summed E-state index contributed by atoms with van der Waals surface area (Å²) in [6.07, 6.45) is 3.50. The first-order valence-corrected chi connectivity index (χ1v) is 11.1. The summed E-state index contributed by atoms with van der Waals surface area (Å²) < 4.78 is 1.73. The molecule has 7 heteroatoms. The summed E-state index contributed by atoms with van der Waals surface area (Å²) in [5.74, 6) is 0.587. The van der Waals surface area contributed by atoms with E-state index in [0.717, 1.165) is 36.2 Å². The number of urea groups is 1. The zero-order valence-electron chi connectivity index (χ0n) is 18.4. The summed E-state index contributed by atoms with van der Waals surface area (Å²) in [7, 11) is 0. The van der Waals surface area contributed by atoms with Crippen LogP contribution in [0, 0.1) is 0 Å². The molecule has 2 aromatic carbocycles. The number of hydrogen-bond donors (Lipinski definition) is 3. The number of unbranched alkanes of at least 4 members (excludes halogenated alkanes) is 1. The Kier molecular flexibility index (Phi) is 10.1. The van der Waals surface area contributed by atoms with Gasteiger partial charge in [-0.1, -0.05) is 50.9 Å². The standard InChI is InChI=1S/C22H25ClN4O2.C2H6/c1-2-3-6-19-15-21(25-22(29)24-18-10-8-17(23)9-11-18)27(26-19)20-7-4-5-16(14-20)12-13-28;1-2/h4-5,7-11,14-15,28H,2-3,6,12-13H2,1H3,(H2,24,25,29);1-2H3. The highest BCUT2D eigenvalue weighted by molar-refractivity contribution is 6.30. The van der Waals surface area contributed by atoms with Crippen LogP contribution in [0.4, 0.5) is 16.3 Å². The first-order chi connectivity index (χ1) is 15.1. The highest BCUT2D eigenvalue weighted by atomic mass is 35.5. The molecule has 3 aromatic rings. The second kappa shape index (κ2) is 12.8. The van der Waals surface area contributed by atoms with E-state index in [1.54, 1.807) is 28.9 Å². The maximum absolute atomic E-state index is 12.5. The molecule has 0 aliphatic carbocycles. The van der Waals surface area contributed by atoms with Crippen molar-refractivity contribution < 1.29 is 9.90 Å². The number of aliphatic hydroxyl groups is 1. The third kappa shape index (κ3) is 7.42. The summed E-state index contributed by atoms with van der Waals surface area (Å²) in [5.41, 5.74) is 3.41. The van der Waals surface area contributed by atoms with Crippen LogP contribution in [-0.2, 0) is 12.8 Å². The lowest BCUT2D eigenvalue weighted by molar-refractivity contribution is 0.262. The summed E-state index contributed by atoms with van der Waals surface area (Å²) in [5, 5.41) is 20.2. The molecule has 0 aliphatic rings. The molecule has 0 spiro atoms. The summed E-state index contributed by atoms with van der Waals surface area (Å²) in [6, 6.07) is 16.2. The fourth-order valence-electron chi connectivity index (χ4n) is 2.98. The molecule has 2 amide bonds. The Morgan fingerprint density at radius 3 is 2.48 bits per heavy atom. The number of rotatable bonds is 8. The lowest BCUT2D eigenvalue weighted by Crippen LogP contribution is -2.21. The van der Waals surface area contributed by atoms with Gasteiger partial charge in [0.05, 0.1) is 11.4 Å². The smallest absolute Gasteiger partial charge is 0.324 e. The Balaban J connectivity index is 0.00000166. The van der Waals surface area contributed by atoms with Gasteiger partial charge in [0.15, 0.2) is 0 Å². The molecule has 0 radical (unpaired) electrons. The van der Waals surface area contributed by atoms with Crippen molar-refractivity contribution in [3.63, 3.8) is 0 Å². The fourth-order valence-corrected chi connectivity index (χ4v) is 3.11. The SMILES string of the molecule is CC.CCCCc1cc(NC(=O)Nc2ccc(Cl)cc2)n(-c2cccc(CCO)c2)n1. The van der Waals surface area contributed by atoms with E-state index in [4.69, 9.17) is 11.6 Å². The van der Waals surface area contributed by atoms with Crippen molar-refractivity contribution in [1.29, 1.82) is 0 Å². The Morgan fingerprint density at radius 1 is 1.06 bits per heavy atom. The zero-order valence-corrected chi connectivity index (χ0v) is 19.1. The Labute approximate surface area is 189 Å². The first-order valence-electron chi connectivity index (χ1n) is 10.7. The van der Waals surface area contributed by atoms with Crippen molar-refractivity contribution in [2.45, 2.75) is 46.5 Å². The van der Waals surface area contributed by atoms with Crippen molar-refractivity contribution >= 4 is 29.1 Å². The minimum Gasteiger partial charge on any atom is -0.396 e. The van der Waals surface area contributed by atoms with Gasteiger partial charge in [0.1, 0.15) is 5.82 Å². The highest BCUT2D eigenvalue weighted by Gasteiger charge is 2.13. The quantitative estimate of drug-likeness (QED) is 0.396. The molecular weight excluding hydrogens is 412 g/mol. The highest BCUT2D eigenvalue weighted by Crippen LogP contribution is 2.21. The summed E-state index contributed by atoms with van der Waals surface area (Å²) in [4.78, 5) is 12.5. The molecule has 166 valence electrons. The van der Waals surface area contributed by atoms with Crippen LogP contribution in [0.15, 0.2) is 54.6 Å². The van der Waals surface area contributed by atoms with Crippen molar-refractivity contribution in [2.24, 2.45) is 0 Å². The number of carbonyl (C=O) groups excluding carboxylic acids is 1. The lowest BCUT2D eigenvalue weighted by atomic mass is 10.1. The predicted molar refractivity (Wildman–Crippen MR) is 128 cm³/mol. The number of halogens is 1. The van der Waals surface area contributed by atoms with Crippen LogP contribution >= 0.6 is 11.6 Å². The molecule has 3 N–H and O–H groups in total.